The van der Waals surface area contributed by atoms with Crippen LogP contribution in [0.2, 0.25) is 5.02 Å². The van der Waals surface area contributed by atoms with E-state index in [1.165, 1.54) is 4.90 Å². The molecular formula is C14H17ClN2O2. The predicted molar refractivity (Wildman–Crippen MR) is 73.8 cm³/mol. The summed E-state index contributed by atoms with van der Waals surface area (Å²) in [5, 5.41) is 3.56. The number of carbonyl (C=O) groups is 2. The minimum absolute atomic E-state index is 0.0269. The van der Waals surface area contributed by atoms with Crippen LogP contribution in [0.3, 0.4) is 0 Å². The van der Waals surface area contributed by atoms with Crippen molar-refractivity contribution in [3.8, 4) is 0 Å². The number of hydrogen-bond donors (Lipinski definition) is 1. The third-order valence-corrected chi connectivity index (χ3v) is 4.04. The SMILES string of the molecule is Cc1c(Cl)cccc1CNC(=O)[C@H]1CCC(=O)N1C. The van der Waals surface area contributed by atoms with Crippen molar-refractivity contribution in [1.82, 2.24) is 10.2 Å². The molecule has 0 radical (unpaired) electrons. The van der Waals surface area contributed by atoms with Gasteiger partial charge in [-0.15, -0.1) is 0 Å². The smallest absolute Gasteiger partial charge is 0.243 e. The summed E-state index contributed by atoms with van der Waals surface area (Å²) in [4.78, 5) is 24.9. The van der Waals surface area contributed by atoms with Gasteiger partial charge in [0.2, 0.25) is 11.8 Å². The Morgan fingerprint density at radius 3 is 2.89 bits per heavy atom. The van der Waals surface area contributed by atoms with Crippen LogP contribution in [0.1, 0.15) is 24.0 Å². The van der Waals surface area contributed by atoms with E-state index in [0.29, 0.717) is 24.4 Å². The third-order valence-electron chi connectivity index (χ3n) is 3.63. The summed E-state index contributed by atoms with van der Waals surface area (Å²) in [5.41, 5.74) is 1.97. The second-order valence-electron chi connectivity index (χ2n) is 4.80. The maximum absolute atomic E-state index is 12.0. The molecule has 0 saturated carbocycles. The van der Waals surface area contributed by atoms with Crippen LogP contribution < -0.4 is 5.32 Å². The van der Waals surface area contributed by atoms with Crippen LogP contribution in [-0.4, -0.2) is 29.8 Å². The molecule has 0 spiro atoms. The quantitative estimate of drug-likeness (QED) is 0.919. The van der Waals surface area contributed by atoms with E-state index in [0.717, 1.165) is 11.1 Å². The molecule has 4 nitrogen and oxygen atoms in total. The fraction of sp³-hybridized carbons (Fsp3) is 0.429. The van der Waals surface area contributed by atoms with Crippen molar-refractivity contribution >= 4 is 23.4 Å². The molecule has 1 aliphatic rings. The minimum Gasteiger partial charge on any atom is -0.350 e. The lowest BCUT2D eigenvalue weighted by molar-refractivity contribution is -0.133. The number of likely N-dealkylation sites (tertiary alicyclic amines) is 1. The summed E-state index contributed by atoms with van der Waals surface area (Å²) in [6, 6.07) is 5.28. The van der Waals surface area contributed by atoms with Gasteiger partial charge >= 0.3 is 0 Å². The number of nitrogens with zero attached hydrogens (tertiary/aromatic N) is 1. The van der Waals surface area contributed by atoms with E-state index < -0.39 is 0 Å². The first-order chi connectivity index (χ1) is 9.00. The van der Waals surface area contributed by atoms with Gasteiger partial charge in [-0.25, -0.2) is 0 Å². The van der Waals surface area contributed by atoms with Crippen molar-refractivity contribution in [2.24, 2.45) is 0 Å². The van der Waals surface area contributed by atoms with Crippen molar-refractivity contribution in [1.29, 1.82) is 0 Å². The molecule has 0 unspecified atom stereocenters. The Bertz CT molecular complexity index is 516. The van der Waals surface area contributed by atoms with Gasteiger partial charge in [0.1, 0.15) is 6.04 Å². The normalized spacial score (nSPS) is 18.8. The zero-order chi connectivity index (χ0) is 14.0. The molecule has 1 heterocycles. The number of likely N-dealkylation sites (N-methyl/N-ethyl adjacent to an activating group) is 1. The van der Waals surface area contributed by atoms with Crippen LogP contribution in [0, 0.1) is 6.92 Å². The van der Waals surface area contributed by atoms with E-state index in [2.05, 4.69) is 5.32 Å². The molecule has 1 fully saturated rings. The van der Waals surface area contributed by atoms with Crippen LogP contribution in [0.25, 0.3) is 0 Å². The summed E-state index contributed by atoms with van der Waals surface area (Å²) < 4.78 is 0. The molecule has 0 aliphatic carbocycles. The fourth-order valence-corrected chi connectivity index (χ4v) is 2.45. The number of carbonyl (C=O) groups excluding carboxylic acids is 2. The summed E-state index contributed by atoms with van der Waals surface area (Å²) in [7, 11) is 1.67. The molecule has 2 amide bonds. The van der Waals surface area contributed by atoms with Gasteiger partial charge in [-0.3, -0.25) is 9.59 Å². The van der Waals surface area contributed by atoms with Gasteiger partial charge in [-0.1, -0.05) is 23.7 Å². The molecule has 0 bridgehead atoms. The number of rotatable bonds is 3. The molecule has 1 saturated heterocycles. The zero-order valence-corrected chi connectivity index (χ0v) is 11.8. The van der Waals surface area contributed by atoms with E-state index in [4.69, 9.17) is 11.6 Å². The maximum atomic E-state index is 12.0. The monoisotopic (exact) mass is 280 g/mol. The maximum Gasteiger partial charge on any atom is 0.243 e. The first kappa shape index (κ1) is 13.9. The van der Waals surface area contributed by atoms with Crippen LogP contribution in [0.5, 0.6) is 0 Å². The van der Waals surface area contributed by atoms with Crippen LogP contribution in [0.15, 0.2) is 18.2 Å². The lowest BCUT2D eigenvalue weighted by Crippen LogP contribution is -2.42. The number of amides is 2. The average molecular weight is 281 g/mol. The van der Waals surface area contributed by atoms with E-state index in [-0.39, 0.29) is 17.9 Å². The molecule has 2 rings (SSSR count). The summed E-state index contributed by atoms with van der Waals surface area (Å²) >= 11 is 6.03. The van der Waals surface area contributed by atoms with Gasteiger partial charge in [0.15, 0.2) is 0 Å². The van der Waals surface area contributed by atoms with Gasteiger partial charge in [0, 0.05) is 25.0 Å². The average Bonchev–Trinajstić information content (AvgIpc) is 2.72. The van der Waals surface area contributed by atoms with E-state index in [9.17, 15) is 9.59 Å². The first-order valence-electron chi connectivity index (χ1n) is 6.28. The van der Waals surface area contributed by atoms with Gasteiger partial charge in [-0.2, -0.15) is 0 Å². The second-order valence-corrected chi connectivity index (χ2v) is 5.21. The Hall–Kier alpha value is -1.55. The van der Waals surface area contributed by atoms with Crippen molar-refractivity contribution in [2.75, 3.05) is 7.05 Å². The Balaban J connectivity index is 1.97. The Morgan fingerprint density at radius 1 is 1.53 bits per heavy atom. The molecule has 1 aliphatic heterocycles. The summed E-state index contributed by atoms with van der Waals surface area (Å²) in [5.74, 6) is -0.0770. The number of nitrogens with one attached hydrogen (secondary N) is 1. The van der Waals surface area contributed by atoms with Gasteiger partial charge < -0.3 is 10.2 Å². The van der Waals surface area contributed by atoms with Crippen molar-refractivity contribution in [3.05, 3.63) is 34.3 Å². The molecule has 0 aromatic heterocycles. The Kier molecular flexibility index (Phi) is 4.10. The lowest BCUT2D eigenvalue weighted by atomic mass is 10.1. The van der Waals surface area contributed by atoms with Crippen LogP contribution in [0.4, 0.5) is 0 Å². The van der Waals surface area contributed by atoms with Crippen LogP contribution in [-0.2, 0) is 16.1 Å². The van der Waals surface area contributed by atoms with Crippen LogP contribution >= 0.6 is 11.6 Å². The molecule has 19 heavy (non-hydrogen) atoms. The standard InChI is InChI=1S/C14H17ClN2O2/c1-9-10(4-3-5-11(9)15)8-16-14(19)12-6-7-13(18)17(12)2/h3-5,12H,6-8H2,1-2H3,(H,16,19)/t12-/m1/s1. The van der Waals surface area contributed by atoms with E-state index in [1.807, 2.05) is 25.1 Å². The van der Waals surface area contributed by atoms with Crippen molar-refractivity contribution < 1.29 is 9.59 Å². The number of halogens is 1. The van der Waals surface area contributed by atoms with Gasteiger partial charge in [0.25, 0.3) is 0 Å². The van der Waals surface area contributed by atoms with Crippen molar-refractivity contribution in [2.45, 2.75) is 32.4 Å². The Labute approximate surface area is 117 Å². The predicted octanol–water partition coefficient (Wildman–Crippen LogP) is 1.89. The number of hydrogen-bond acceptors (Lipinski definition) is 2. The molecule has 1 N–H and O–H groups in total. The lowest BCUT2D eigenvalue weighted by Gasteiger charge is -2.19. The second kappa shape index (κ2) is 5.61. The van der Waals surface area contributed by atoms with E-state index >= 15 is 0 Å². The molecule has 1 aromatic rings. The molecule has 102 valence electrons. The van der Waals surface area contributed by atoms with E-state index in [1.54, 1.807) is 7.05 Å². The van der Waals surface area contributed by atoms with Gasteiger partial charge in [-0.05, 0) is 30.5 Å². The molecule has 1 atom stereocenters. The minimum atomic E-state index is -0.341. The molecule has 5 heteroatoms. The highest BCUT2D eigenvalue weighted by molar-refractivity contribution is 6.31. The zero-order valence-electron chi connectivity index (χ0n) is 11.1. The highest BCUT2D eigenvalue weighted by Crippen LogP contribution is 2.19. The highest BCUT2D eigenvalue weighted by atomic mass is 35.5. The summed E-state index contributed by atoms with van der Waals surface area (Å²) in [6.45, 7) is 2.36. The van der Waals surface area contributed by atoms with Crippen molar-refractivity contribution in [3.63, 3.8) is 0 Å². The fourth-order valence-electron chi connectivity index (χ4n) is 2.25. The van der Waals surface area contributed by atoms with Gasteiger partial charge in [0.05, 0.1) is 0 Å². The Morgan fingerprint density at radius 2 is 2.26 bits per heavy atom. The number of benzene rings is 1. The largest absolute Gasteiger partial charge is 0.350 e. The molecule has 1 aromatic carbocycles. The molecular weight excluding hydrogens is 264 g/mol. The topological polar surface area (TPSA) is 49.4 Å². The first-order valence-corrected chi connectivity index (χ1v) is 6.66. The summed E-state index contributed by atoms with van der Waals surface area (Å²) in [6.07, 6.45) is 1.04. The third kappa shape index (κ3) is 2.89. The highest BCUT2D eigenvalue weighted by Gasteiger charge is 2.32.